The number of carboxylic acid groups (broad SMARTS) is 2. The summed E-state index contributed by atoms with van der Waals surface area (Å²) in [5.74, 6) is -3.78. The monoisotopic (exact) mass is 366 g/mol. The third-order valence-corrected chi connectivity index (χ3v) is 4.90. The van der Waals surface area contributed by atoms with Gasteiger partial charge < -0.3 is 10.2 Å². The molecule has 0 radical (unpaired) electrons. The normalized spacial score (nSPS) is 15.3. The second-order valence-electron chi connectivity index (χ2n) is 3.35. The van der Waals surface area contributed by atoms with Crippen LogP contribution in [0.2, 0.25) is 0 Å². The molecule has 0 rings (SSSR count). The summed E-state index contributed by atoms with van der Waals surface area (Å²) in [5, 5.41) is 18.0. The van der Waals surface area contributed by atoms with Crippen LogP contribution < -0.4 is 0 Å². The van der Waals surface area contributed by atoms with Gasteiger partial charge in [-0.2, -0.15) is 0 Å². The summed E-state index contributed by atoms with van der Waals surface area (Å²) >= 11 is 0. The number of rotatable bonds is 11. The highest BCUT2D eigenvalue weighted by molar-refractivity contribution is 7.48. The largest absolute Gasteiger partial charge is 0.479 e. The Bertz CT molecular complexity index is 430. The molecule has 0 aromatic heterocycles. The fourth-order valence-corrected chi connectivity index (χ4v) is 2.66. The number of hydrogen-bond acceptors (Lipinski definition) is 10. The quantitative estimate of drug-likeness (QED) is 0.493. The molecule has 0 bridgehead atoms. The van der Waals surface area contributed by atoms with E-state index in [9.17, 15) is 18.7 Å². The number of hydrogen-bond donors (Lipinski definition) is 2. The number of aliphatic carboxylic acids is 2. The average Bonchev–Trinajstić information content (AvgIpc) is 2.49. The van der Waals surface area contributed by atoms with E-state index in [0.717, 1.165) is 28.4 Å². The minimum atomic E-state index is -4.36. The molecule has 2 unspecified atom stereocenters. The van der Waals surface area contributed by atoms with Gasteiger partial charge in [0.05, 0.1) is 0 Å². The molecule has 0 saturated carbocycles. The van der Waals surface area contributed by atoms with Gasteiger partial charge in [0, 0.05) is 28.4 Å². The van der Waals surface area contributed by atoms with E-state index < -0.39 is 39.8 Å². The minimum absolute atomic E-state index is 0.884. The molecule has 0 aromatic carbocycles. The number of phosphoric ester groups is 2. The Morgan fingerprint density at radius 2 is 0.955 bits per heavy atom. The van der Waals surface area contributed by atoms with Gasteiger partial charge in [-0.05, 0) is 0 Å². The SMILES string of the molecule is COP(=O)(OC)OC(C(=O)O)C(OP(=O)(OC)OC)C(=O)O. The van der Waals surface area contributed by atoms with E-state index in [-0.39, 0.29) is 0 Å². The molecule has 0 aliphatic carbocycles. The first-order valence-electron chi connectivity index (χ1n) is 5.33. The fraction of sp³-hybridized carbons (Fsp3) is 0.750. The Labute approximate surface area is 125 Å². The summed E-state index contributed by atoms with van der Waals surface area (Å²) in [4.78, 5) is 22.3. The third kappa shape index (κ3) is 5.75. The third-order valence-electron chi connectivity index (χ3n) is 2.14. The molecule has 0 saturated heterocycles. The van der Waals surface area contributed by atoms with Crippen molar-refractivity contribution >= 4 is 27.6 Å². The predicted octanol–water partition coefficient (Wildman–Crippen LogP) is 0.728. The first kappa shape index (κ1) is 21.2. The van der Waals surface area contributed by atoms with Crippen LogP contribution in [0.3, 0.4) is 0 Å². The molecule has 0 spiro atoms. The van der Waals surface area contributed by atoms with E-state index in [4.69, 9.17) is 10.2 Å². The molecule has 12 nitrogen and oxygen atoms in total. The molecule has 0 aliphatic heterocycles. The molecule has 130 valence electrons. The molecule has 2 N–H and O–H groups in total. The fourth-order valence-electron chi connectivity index (χ4n) is 1.06. The average molecular weight is 366 g/mol. The maximum atomic E-state index is 11.8. The summed E-state index contributed by atoms with van der Waals surface area (Å²) in [6.45, 7) is 0. The van der Waals surface area contributed by atoms with Crippen LogP contribution >= 0.6 is 15.6 Å². The standard InChI is InChI=1S/C8H16O12P2/c1-15-21(13,16-2)19-5(7(9)10)6(8(11)12)20-22(14,17-3)18-4/h5-6H,1-4H3,(H,9,10)(H,11,12). The zero-order valence-corrected chi connectivity index (χ0v) is 13.8. The molecular weight excluding hydrogens is 350 g/mol. The van der Waals surface area contributed by atoms with Gasteiger partial charge in [-0.1, -0.05) is 0 Å². The lowest BCUT2D eigenvalue weighted by Crippen LogP contribution is -2.43. The smallest absolute Gasteiger partial charge is 0.475 e. The number of carbonyl (C=O) groups is 2. The van der Waals surface area contributed by atoms with Crippen molar-refractivity contribution in [1.82, 2.24) is 0 Å². The van der Waals surface area contributed by atoms with Crippen LogP contribution in [0.5, 0.6) is 0 Å². The van der Waals surface area contributed by atoms with Crippen LogP contribution in [-0.4, -0.2) is 62.8 Å². The van der Waals surface area contributed by atoms with Gasteiger partial charge in [-0.3, -0.25) is 27.1 Å². The molecule has 0 aliphatic rings. The molecule has 0 heterocycles. The second kappa shape index (κ2) is 8.70. The highest BCUT2D eigenvalue weighted by Crippen LogP contribution is 2.52. The number of phosphoric acid groups is 2. The van der Waals surface area contributed by atoms with Gasteiger partial charge in [-0.15, -0.1) is 0 Å². The Balaban J connectivity index is 5.56. The summed E-state index contributed by atoms with van der Waals surface area (Å²) in [5.41, 5.74) is 0. The van der Waals surface area contributed by atoms with Crippen molar-refractivity contribution in [3.8, 4) is 0 Å². The van der Waals surface area contributed by atoms with Crippen molar-refractivity contribution in [2.45, 2.75) is 12.2 Å². The molecule has 0 fully saturated rings. The van der Waals surface area contributed by atoms with Crippen LogP contribution in [0.25, 0.3) is 0 Å². The summed E-state index contributed by atoms with van der Waals surface area (Å²) in [7, 11) is -5.19. The van der Waals surface area contributed by atoms with Crippen molar-refractivity contribution in [3.05, 3.63) is 0 Å². The highest BCUT2D eigenvalue weighted by Gasteiger charge is 2.46. The van der Waals surface area contributed by atoms with Crippen LogP contribution in [0.1, 0.15) is 0 Å². The Hall–Kier alpha value is -0.840. The van der Waals surface area contributed by atoms with Gasteiger partial charge in [0.15, 0.2) is 0 Å². The topological polar surface area (TPSA) is 164 Å². The highest BCUT2D eigenvalue weighted by atomic mass is 31.2. The van der Waals surface area contributed by atoms with E-state index in [1.807, 2.05) is 0 Å². The summed E-state index contributed by atoms with van der Waals surface area (Å²) in [6, 6.07) is 0. The van der Waals surface area contributed by atoms with Crippen molar-refractivity contribution in [2.24, 2.45) is 0 Å². The maximum Gasteiger partial charge on any atom is 0.475 e. The summed E-state index contributed by atoms with van der Waals surface area (Å²) < 4.78 is 50.0. The van der Waals surface area contributed by atoms with Crippen LogP contribution in [0, 0.1) is 0 Å². The van der Waals surface area contributed by atoms with Crippen LogP contribution in [-0.2, 0) is 45.9 Å². The van der Waals surface area contributed by atoms with Gasteiger partial charge in [-0.25, -0.2) is 18.7 Å². The lowest BCUT2D eigenvalue weighted by atomic mass is 10.2. The molecule has 0 aromatic rings. The Kier molecular flexibility index (Phi) is 8.37. The van der Waals surface area contributed by atoms with Gasteiger partial charge in [0.25, 0.3) is 0 Å². The van der Waals surface area contributed by atoms with Gasteiger partial charge >= 0.3 is 27.6 Å². The summed E-state index contributed by atoms with van der Waals surface area (Å²) in [6.07, 6.45) is -4.77. The van der Waals surface area contributed by atoms with E-state index in [1.54, 1.807) is 0 Å². The molecule has 22 heavy (non-hydrogen) atoms. The predicted molar refractivity (Wildman–Crippen MR) is 68.3 cm³/mol. The second-order valence-corrected chi connectivity index (χ2v) is 7.02. The first-order chi connectivity index (χ1) is 10.1. The van der Waals surface area contributed by atoms with Crippen molar-refractivity contribution in [2.75, 3.05) is 28.4 Å². The van der Waals surface area contributed by atoms with Crippen molar-refractivity contribution < 1.29 is 56.1 Å². The van der Waals surface area contributed by atoms with E-state index >= 15 is 0 Å². The van der Waals surface area contributed by atoms with E-state index in [2.05, 4.69) is 27.1 Å². The Morgan fingerprint density at radius 3 is 1.09 bits per heavy atom. The number of carboxylic acids is 2. The Morgan fingerprint density at radius 1 is 0.727 bits per heavy atom. The van der Waals surface area contributed by atoms with Crippen LogP contribution in [0.15, 0.2) is 0 Å². The zero-order valence-electron chi connectivity index (χ0n) is 12.0. The molecule has 0 amide bonds. The minimum Gasteiger partial charge on any atom is -0.479 e. The zero-order chi connectivity index (χ0) is 17.6. The van der Waals surface area contributed by atoms with Crippen molar-refractivity contribution in [3.63, 3.8) is 0 Å². The first-order valence-corrected chi connectivity index (χ1v) is 8.25. The van der Waals surface area contributed by atoms with Gasteiger partial charge in [0.1, 0.15) is 0 Å². The van der Waals surface area contributed by atoms with Gasteiger partial charge in [0.2, 0.25) is 12.2 Å². The molecule has 2 atom stereocenters. The van der Waals surface area contributed by atoms with Crippen molar-refractivity contribution in [1.29, 1.82) is 0 Å². The van der Waals surface area contributed by atoms with E-state index in [0.29, 0.717) is 0 Å². The molecule has 14 heteroatoms. The lowest BCUT2D eigenvalue weighted by Gasteiger charge is -2.25. The van der Waals surface area contributed by atoms with Crippen LogP contribution in [0.4, 0.5) is 0 Å². The molecular formula is C8H16O12P2. The van der Waals surface area contributed by atoms with E-state index in [1.165, 1.54) is 0 Å². The maximum absolute atomic E-state index is 11.8. The lowest BCUT2D eigenvalue weighted by molar-refractivity contribution is -0.164.